The molecule has 0 saturated heterocycles. The van der Waals surface area contributed by atoms with Crippen LogP contribution in [0.15, 0.2) is 47.4 Å². The minimum absolute atomic E-state index is 0.137. The van der Waals surface area contributed by atoms with Crippen LogP contribution in [-0.2, 0) is 23.0 Å². The van der Waals surface area contributed by atoms with Crippen molar-refractivity contribution in [3.63, 3.8) is 0 Å². The fourth-order valence-corrected chi connectivity index (χ4v) is 3.47. The van der Waals surface area contributed by atoms with Crippen LogP contribution in [0.3, 0.4) is 0 Å². The minimum atomic E-state index is -3.55. The molecule has 0 spiro atoms. The first-order chi connectivity index (χ1) is 9.90. The van der Waals surface area contributed by atoms with Crippen molar-refractivity contribution in [2.45, 2.75) is 24.8 Å². The zero-order valence-corrected chi connectivity index (χ0v) is 13.8. The lowest BCUT2D eigenvalue weighted by Gasteiger charge is -2.08. The van der Waals surface area contributed by atoms with Gasteiger partial charge in [-0.1, -0.05) is 42.3 Å². The Balaban J connectivity index is 2.13. The summed E-state index contributed by atoms with van der Waals surface area (Å²) in [5, 5.41) is 0.952. The van der Waals surface area contributed by atoms with Gasteiger partial charge in [-0.05, 0) is 47.9 Å². The number of rotatable bonds is 5. The summed E-state index contributed by atoms with van der Waals surface area (Å²) in [5.41, 5.74) is 1.80. The molecule has 0 heterocycles. The van der Waals surface area contributed by atoms with E-state index in [1.54, 1.807) is 30.3 Å². The molecule has 6 heteroatoms. The largest absolute Gasteiger partial charge is 0.240 e. The second kappa shape index (κ2) is 6.79. The topological polar surface area (TPSA) is 46.2 Å². The van der Waals surface area contributed by atoms with Crippen LogP contribution in [0.4, 0.5) is 0 Å². The number of halogens is 2. The first-order valence-electron chi connectivity index (χ1n) is 6.44. The van der Waals surface area contributed by atoms with E-state index in [-0.39, 0.29) is 11.4 Å². The Morgan fingerprint density at radius 2 is 1.52 bits per heavy atom. The summed E-state index contributed by atoms with van der Waals surface area (Å²) < 4.78 is 26.9. The molecule has 0 aliphatic heterocycles. The van der Waals surface area contributed by atoms with Gasteiger partial charge in [-0.15, -0.1) is 0 Å². The highest BCUT2D eigenvalue weighted by Crippen LogP contribution is 2.19. The van der Waals surface area contributed by atoms with Crippen LogP contribution in [0, 0.1) is 0 Å². The van der Waals surface area contributed by atoms with Crippen LogP contribution in [0.1, 0.15) is 18.1 Å². The number of nitrogens with one attached hydrogen (secondary N) is 1. The SMILES string of the molecule is CCc1ccc(S(=O)(=O)NCc2cc(Cl)cc(Cl)c2)cc1. The Bertz CT molecular complexity index is 708. The smallest absolute Gasteiger partial charge is 0.207 e. The van der Waals surface area contributed by atoms with E-state index >= 15 is 0 Å². The molecular weight excluding hydrogens is 329 g/mol. The van der Waals surface area contributed by atoms with E-state index in [1.165, 1.54) is 0 Å². The minimum Gasteiger partial charge on any atom is -0.207 e. The van der Waals surface area contributed by atoms with E-state index in [4.69, 9.17) is 23.2 Å². The molecule has 2 rings (SSSR count). The summed E-state index contributed by atoms with van der Waals surface area (Å²) in [6.45, 7) is 2.16. The monoisotopic (exact) mass is 343 g/mol. The molecule has 0 aliphatic rings. The van der Waals surface area contributed by atoms with E-state index in [1.807, 2.05) is 19.1 Å². The van der Waals surface area contributed by atoms with Gasteiger partial charge in [0.2, 0.25) is 10.0 Å². The maximum atomic E-state index is 12.2. The van der Waals surface area contributed by atoms with Crippen molar-refractivity contribution in [2.24, 2.45) is 0 Å². The van der Waals surface area contributed by atoms with Gasteiger partial charge in [-0.3, -0.25) is 0 Å². The van der Waals surface area contributed by atoms with Crippen LogP contribution in [0.25, 0.3) is 0 Å². The highest BCUT2D eigenvalue weighted by Gasteiger charge is 2.13. The Morgan fingerprint density at radius 3 is 2.05 bits per heavy atom. The molecule has 0 amide bonds. The molecule has 0 unspecified atom stereocenters. The third-order valence-electron chi connectivity index (χ3n) is 3.03. The molecule has 0 aromatic heterocycles. The molecule has 2 aromatic rings. The van der Waals surface area contributed by atoms with Gasteiger partial charge >= 0.3 is 0 Å². The molecule has 21 heavy (non-hydrogen) atoms. The quantitative estimate of drug-likeness (QED) is 0.890. The van der Waals surface area contributed by atoms with Crippen molar-refractivity contribution in [1.29, 1.82) is 0 Å². The Kier molecular flexibility index (Phi) is 5.27. The van der Waals surface area contributed by atoms with Gasteiger partial charge in [0.25, 0.3) is 0 Å². The van der Waals surface area contributed by atoms with Gasteiger partial charge in [0.15, 0.2) is 0 Å². The molecule has 112 valence electrons. The molecule has 0 atom stereocenters. The zero-order valence-electron chi connectivity index (χ0n) is 11.4. The van der Waals surface area contributed by atoms with Crippen molar-refractivity contribution < 1.29 is 8.42 Å². The van der Waals surface area contributed by atoms with E-state index in [0.717, 1.165) is 12.0 Å². The second-order valence-corrected chi connectivity index (χ2v) is 7.24. The first-order valence-corrected chi connectivity index (χ1v) is 8.68. The van der Waals surface area contributed by atoms with Crippen LogP contribution in [-0.4, -0.2) is 8.42 Å². The van der Waals surface area contributed by atoms with Gasteiger partial charge in [0.1, 0.15) is 0 Å². The average molecular weight is 344 g/mol. The van der Waals surface area contributed by atoms with Gasteiger partial charge in [-0.2, -0.15) is 0 Å². The number of sulfonamides is 1. The van der Waals surface area contributed by atoms with E-state index in [9.17, 15) is 8.42 Å². The summed E-state index contributed by atoms with van der Waals surface area (Å²) >= 11 is 11.8. The number of hydrogen-bond donors (Lipinski definition) is 1. The van der Waals surface area contributed by atoms with Crippen molar-refractivity contribution >= 4 is 33.2 Å². The number of aryl methyl sites for hydroxylation is 1. The summed E-state index contributed by atoms with van der Waals surface area (Å²) in [4.78, 5) is 0.243. The van der Waals surface area contributed by atoms with Crippen molar-refractivity contribution in [3.8, 4) is 0 Å². The number of benzene rings is 2. The maximum absolute atomic E-state index is 12.2. The van der Waals surface area contributed by atoms with Crippen molar-refractivity contribution in [3.05, 3.63) is 63.6 Å². The normalized spacial score (nSPS) is 11.6. The lowest BCUT2D eigenvalue weighted by molar-refractivity contribution is 0.581. The van der Waals surface area contributed by atoms with Crippen LogP contribution < -0.4 is 4.72 Å². The van der Waals surface area contributed by atoms with Gasteiger partial charge in [0.05, 0.1) is 4.90 Å². The lowest BCUT2D eigenvalue weighted by atomic mass is 10.2. The van der Waals surface area contributed by atoms with Gasteiger partial charge in [-0.25, -0.2) is 13.1 Å². The zero-order chi connectivity index (χ0) is 15.5. The molecule has 0 saturated carbocycles. The molecule has 2 aromatic carbocycles. The molecule has 0 fully saturated rings. The predicted octanol–water partition coefficient (Wildman–Crippen LogP) is 4.03. The first kappa shape index (κ1) is 16.3. The highest BCUT2D eigenvalue weighted by atomic mass is 35.5. The molecule has 1 N–H and O–H groups in total. The van der Waals surface area contributed by atoms with Crippen LogP contribution in [0.5, 0.6) is 0 Å². The average Bonchev–Trinajstić information content (AvgIpc) is 2.44. The van der Waals surface area contributed by atoms with Gasteiger partial charge < -0.3 is 0 Å². The van der Waals surface area contributed by atoms with Gasteiger partial charge in [0, 0.05) is 16.6 Å². The van der Waals surface area contributed by atoms with E-state index in [2.05, 4.69) is 4.72 Å². The summed E-state index contributed by atoms with van der Waals surface area (Å²) in [7, 11) is -3.55. The molecular formula is C15H15Cl2NO2S. The summed E-state index contributed by atoms with van der Waals surface area (Å²) in [6.07, 6.45) is 0.870. The standard InChI is InChI=1S/C15H15Cl2NO2S/c1-2-11-3-5-15(6-4-11)21(19,20)18-10-12-7-13(16)9-14(17)8-12/h3-9,18H,2,10H2,1H3. The number of hydrogen-bond acceptors (Lipinski definition) is 2. The fraction of sp³-hybridized carbons (Fsp3) is 0.200. The summed E-state index contributed by atoms with van der Waals surface area (Å²) in [6, 6.07) is 11.8. The Morgan fingerprint density at radius 1 is 0.952 bits per heavy atom. The highest BCUT2D eigenvalue weighted by molar-refractivity contribution is 7.89. The van der Waals surface area contributed by atoms with Crippen molar-refractivity contribution in [1.82, 2.24) is 4.72 Å². The third-order valence-corrected chi connectivity index (χ3v) is 4.88. The summed E-state index contributed by atoms with van der Waals surface area (Å²) in [5.74, 6) is 0. The Hall–Kier alpha value is -1.07. The fourth-order valence-electron chi connectivity index (χ4n) is 1.88. The van der Waals surface area contributed by atoms with Crippen LogP contribution in [0.2, 0.25) is 10.0 Å². The molecule has 0 aliphatic carbocycles. The molecule has 0 bridgehead atoms. The molecule has 3 nitrogen and oxygen atoms in total. The van der Waals surface area contributed by atoms with Crippen LogP contribution >= 0.6 is 23.2 Å². The van der Waals surface area contributed by atoms with E-state index < -0.39 is 10.0 Å². The second-order valence-electron chi connectivity index (χ2n) is 4.60. The van der Waals surface area contributed by atoms with E-state index in [0.29, 0.717) is 15.6 Å². The molecule has 0 radical (unpaired) electrons. The maximum Gasteiger partial charge on any atom is 0.240 e. The predicted molar refractivity (Wildman–Crippen MR) is 86.3 cm³/mol. The Labute approximate surface area is 135 Å². The van der Waals surface area contributed by atoms with Crippen molar-refractivity contribution in [2.75, 3.05) is 0 Å². The third kappa shape index (κ3) is 4.45. The lowest BCUT2D eigenvalue weighted by Crippen LogP contribution is -2.23.